The maximum Gasteiger partial charge on any atom is 0.139 e. The number of halogens is 3. The number of unbranched alkanes of at least 4 members (excludes halogenated alkanes) is 1. The van der Waals surface area contributed by atoms with E-state index in [0.717, 1.165) is 53.3 Å². The number of nitrogens with zero attached hydrogens (tertiary/aromatic N) is 3. The highest BCUT2D eigenvalue weighted by Gasteiger charge is 2.19. The predicted molar refractivity (Wildman–Crippen MR) is 151 cm³/mol. The van der Waals surface area contributed by atoms with Gasteiger partial charge in [0.15, 0.2) is 0 Å². The van der Waals surface area contributed by atoms with Crippen molar-refractivity contribution in [2.45, 2.75) is 57.8 Å². The lowest BCUT2D eigenvalue weighted by Crippen LogP contribution is -2.14. The molecule has 1 fully saturated rings. The average molecular weight is 531 g/mol. The maximum atomic E-state index is 6.32. The average Bonchev–Trinajstić information content (AvgIpc) is 2.83. The second-order valence-electron chi connectivity index (χ2n) is 9.88. The summed E-state index contributed by atoms with van der Waals surface area (Å²) < 4.78 is 0. The minimum absolute atomic E-state index is 0.595. The summed E-state index contributed by atoms with van der Waals surface area (Å²) in [7, 11) is 4.07. The van der Waals surface area contributed by atoms with Crippen molar-refractivity contribution in [2.75, 3.05) is 19.0 Å². The van der Waals surface area contributed by atoms with Crippen LogP contribution in [0.1, 0.15) is 56.3 Å². The molecule has 6 heteroatoms. The smallest absolute Gasteiger partial charge is 0.139 e. The lowest BCUT2D eigenvalue weighted by Gasteiger charge is -2.26. The zero-order valence-electron chi connectivity index (χ0n) is 20.6. The second kappa shape index (κ2) is 12.4. The fourth-order valence-electron chi connectivity index (χ4n) is 5.12. The van der Waals surface area contributed by atoms with Crippen molar-refractivity contribution in [1.82, 2.24) is 9.97 Å². The molecule has 0 amide bonds. The number of rotatable bonds is 9. The molecule has 4 rings (SSSR count). The van der Waals surface area contributed by atoms with Crippen LogP contribution in [-0.2, 0) is 12.8 Å². The van der Waals surface area contributed by atoms with Crippen LogP contribution in [0.3, 0.4) is 0 Å². The molecule has 3 aromatic rings. The van der Waals surface area contributed by atoms with Crippen LogP contribution in [0.2, 0.25) is 15.1 Å². The van der Waals surface area contributed by atoms with Gasteiger partial charge in [0.1, 0.15) is 11.6 Å². The first-order chi connectivity index (χ1) is 16.9. The molecule has 3 nitrogen and oxygen atoms in total. The van der Waals surface area contributed by atoms with Gasteiger partial charge in [0.25, 0.3) is 0 Å². The Morgan fingerprint density at radius 3 is 2.37 bits per heavy atom. The number of hydrogen-bond donors (Lipinski definition) is 0. The quantitative estimate of drug-likeness (QED) is 0.204. The molecular weight excluding hydrogens is 497 g/mol. The first kappa shape index (κ1) is 26.3. The van der Waals surface area contributed by atoms with Gasteiger partial charge < -0.3 is 4.90 Å². The molecule has 0 saturated heterocycles. The highest BCUT2D eigenvalue weighted by atomic mass is 35.5. The predicted octanol–water partition coefficient (Wildman–Crippen LogP) is 8.97. The second-order valence-corrected chi connectivity index (χ2v) is 11.1. The van der Waals surface area contributed by atoms with Crippen molar-refractivity contribution in [3.63, 3.8) is 0 Å². The van der Waals surface area contributed by atoms with Crippen LogP contribution in [0, 0.1) is 11.8 Å². The molecule has 0 N–H and O–H groups in total. The number of para-hydroxylation sites is 1. The molecule has 2 aromatic carbocycles. The normalized spacial score (nSPS) is 18.4. The van der Waals surface area contributed by atoms with Crippen molar-refractivity contribution in [1.29, 1.82) is 0 Å². The van der Waals surface area contributed by atoms with E-state index < -0.39 is 0 Å². The molecule has 0 unspecified atom stereocenters. The number of anilines is 1. The standard InChI is InChI=1S/C29H34Cl3N3/c1-35(2)29-24-11-5-6-12-27(24)33-28(34-29)13-7-9-21-16-14-20(15-17-21)8-3-4-10-23-25(31)18-22(30)19-26(23)32/h5-7,9,11-12,18-21H,3-4,8,10,13-17H2,1-2H3/b9-7+. The molecule has 0 atom stereocenters. The summed E-state index contributed by atoms with van der Waals surface area (Å²) in [5, 5.41) is 3.06. The van der Waals surface area contributed by atoms with Gasteiger partial charge in [-0.05, 0) is 80.2 Å². The molecule has 0 bridgehead atoms. The van der Waals surface area contributed by atoms with Crippen LogP contribution in [0.15, 0.2) is 48.6 Å². The van der Waals surface area contributed by atoms with E-state index in [2.05, 4.69) is 29.2 Å². The van der Waals surface area contributed by atoms with Crippen molar-refractivity contribution < 1.29 is 0 Å². The van der Waals surface area contributed by atoms with E-state index in [4.69, 9.17) is 44.8 Å². The topological polar surface area (TPSA) is 29.0 Å². The van der Waals surface area contributed by atoms with Crippen LogP contribution < -0.4 is 4.90 Å². The zero-order chi connectivity index (χ0) is 24.8. The zero-order valence-corrected chi connectivity index (χ0v) is 22.9. The summed E-state index contributed by atoms with van der Waals surface area (Å²) in [6, 6.07) is 11.8. The number of benzene rings is 2. The molecule has 1 aliphatic carbocycles. The molecule has 0 aliphatic heterocycles. The van der Waals surface area contributed by atoms with Crippen molar-refractivity contribution in [3.8, 4) is 0 Å². The number of hydrogen-bond acceptors (Lipinski definition) is 3. The SMILES string of the molecule is CN(C)c1nc(C/C=C/C2CCC(CCCCc3c(Cl)cc(Cl)cc3Cl)CC2)nc2ccccc12. The number of allylic oxidation sites excluding steroid dienone is 2. The Bertz CT molecular complexity index is 1140. The third-order valence-electron chi connectivity index (χ3n) is 7.05. The maximum absolute atomic E-state index is 6.32. The van der Waals surface area contributed by atoms with Crippen molar-refractivity contribution in [3.05, 3.63) is 75.0 Å². The summed E-state index contributed by atoms with van der Waals surface area (Å²) in [4.78, 5) is 11.7. The van der Waals surface area contributed by atoms with E-state index in [0.29, 0.717) is 21.0 Å². The minimum atomic E-state index is 0.595. The number of aromatic nitrogens is 2. The van der Waals surface area contributed by atoms with Crippen LogP contribution >= 0.6 is 34.8 Å². The summed E-state index contributed by atoms with van der Waals surface area (Å²) in [6.07, 6.45) is 15.2. The Morgan fingerprint density at radius 1 is 0.943 bits per heavy atom. The van der Waals surface area contributed by atoms with E-state index in [-0.39, 0.29) is 0 Å². The van der Waals surface area contributed by atoms with E-state index in [9.17, 15) is 0 Å². The van der Waals surface area contributed by atoms with Gasteiger partial charge in [-0.3, -0.25) is 0 Å². The number of fused-ring (bicyclic) bond motifs is 1. The third-order valence-corrected chi connectivity index (χ3v) is 7.94. The Balaban J connectivity index is 1.21. The summed E-state index contributed by atoms with van der Waals surface area (Å²) >= 11 is 18.7. The molecule has 0 spiro atoms. The van der Waals surface area contributed by atoms with Gasteiger partial charge in [-0.25, -0.2) is 9.97 Å². The Kier molecular flexibility index (Phi) is 9.33. The first-order valence-corrected chi connectivity index (χ1v) is 13.8. The van der Waals surface area contributed by atoms with E-state index in [1.54, 1.807) is 12.1 Å². The largest absolute Gasteiger partial charge is 0.362 e. The molecule has 1 heterocycles. The molecule has 1 saturated carbocycles. The van der Waals surface area contributed by atoms with Gasteiger partial charge in [0, 0.05) is 41.0 Å². The highest BCUT2D eigenvalue weighted by Crippen LogP contribution is 2.34. The van der Waals surface area contributed by atoms with Gasteiger partial charge >= 0.3 is 0 Å². The van der Waals surface area contributed by atoms with Gasteiger partial charge in [0.05, 0.1) is 5.52 Å². The molecule has 1 aliphatic rings. The highest BCUT2D eigenvalue weighted by molar-refractivity contribution is 6.39. The Hall–Kier alpha value is -1.81. The van der Waals surface area contributed by atoms with Crippen molar-refractivity contribution >= 4 is 51.5 Å². The molecule has 1 aromatic heterocycles. The van der Waals surface area contributed by atoms with Gasteiger partial charge in [0.2, 0.25) is 0 Å². The molecular formula is C29H34Cl3N3. The first-order valence-electron chi connectivity index (χ1n) is 12.6. The van der Waals surface area contributed by atoms with E-state index in [1.165, 1.54) is 38.5 Å². The summed E-state index contributed by atoms with van der Waals surface area (Å²) in [6.45, 7) is 0. The Labute approximate surface area is 224 Å². The van der Waals surface area contributed by atoms with Crippen molar-refractivity contribution in [2.24, 2.45) is 11.8 Å². The summed E-state index contributed by atoms with van der Waals surface area (Å²) in [5.74, 6) is 3.38. The lowest BCUT2D eigenvalue weighted by atomic mass is 9.79. The van der Waals surface area contributed by atoms with Gasteiger partial charge in [-0.2, -0.15) is 0 Å². The van der Waals surface area contributed by atoms with Gasteiger partial charge in [-0.15, -0.1) is 0 Å². The van der Waals surface area contributed by atoms with Crippen LogP contribution in [0.25, 0.3) is 10.9 Å². The molecule has 186 valence electrons. The minimum Gasteiger partial charge on any atom is -0.362 e. The fourth-order valence-corrected chi connectivity index (χ4v) is 6.13. The monoisotopic (exact) mass is 529 g/mol. The van der Waals surface area contributed by atoms with Gasteiger partial charge in [-0.1, -0.05) is 71.9 Å². The Morgan fingerprint density at radius 2 is 1.66 bits per heavy atom. The third kappa shape index (κ3) is 7.12. The summed E-state index contributed by atoms with van der Waals surface area (Å²) in [5.41, 5.74) is 2.04. The van der Waals surface area contributed by atoms with E-state index in [1.807, 2.05) is 26.2 Å². The fraction of sp³-hybridized carbons (Fsp3) is 0.448. The molecule has 35 heavy (non-hydrogen) atoms. The van der Waals surface area contributed by atoms with Crippen LogP contribution in [0.4, 0.5) is 5.82 Å². The molecule has 0 radical (unpaired) electrons. The van der Waals surface area contributed by atoms with E-state index >= 15 is 0 Å². The lowest BCUT2D eigenvalue weighted by molar-refractivity contribution is 0.289. The van der Waals surface area contributed by atoms with Crippen LogP contribution in [-0.4, -0.2) is 24.1 Å². The van der Waals surface area contributed by atoms with Crippen LogP contribution in [0.5, 0.6) is 0 Å².